The average molecular weight is 416 g/mol. The second-order valence-corrected chi connectivity index (χ2v) is 9.29. The number of likely N-dealkylation sites (tertiary alicyclic amines) is 1. The van der Waals surface area contributed by atoms with Gasteiger partial charge in [-0.05, 0) is 63.3 Å². The molecule has 0 saturated carbocycles. The van der Waals surface area contributed by atoms with Crippen LogP contribution in [0.3, 0.4) is 0 Å². The summed E-state index contributed by atoms with van der Waals surface area (Å²) in [5.41, 5.74) is 1.11. The van der Waals surface area contributed by atoms with Gasteiger partial charge in [-0.1, -0.05) is 31.0 Å². The van der Waals surface area contributed by atoms with Crippen LogP contribution in [0.5, 0.6) is 0 Å². The van der Waals surface area contributed by atoms with E-state index < -0.39 is 0 Å². The van der Waals surface area contributed by atoms with Crippen molar-refractivity contribution in [1.29, 1.82) is 0 Å². The molecule has 3 rings (SSSR count). The molecule has 1 aromatic heterocycles. The fourth-order valence-electron chi connectivity index (χ4n) is 4.20. The van der Waals surface area contributed by atoms with E-state index in [1.807, 2.05) is 31.1 Å². The highest BCUT2D eigenvalue weighted by Crippen LogP contribution is 2.34. The Balaban J connectivity index is 1.84. The lowest BCUT2D eigenvalue weighted by atomic mass is 9.98. The number of nitrogens with zero attached hydrogens (tertiary/aromatic N) is 2. The zero-order valence-corrected chi connectivity index (χ0v) is 18.7. The lowest BCUT2D eigenvalue weighted by molar-refractivity contribution is -0.131. The van der Waals surface area contributed by atoms with Crippen molar-refractivity contribution in [2.75, 3.05) is 33.7 Å². The van der Waals surface area contributed by atoms with E-state index >= 15 is 0 Å². The topological polar surface area (TPSA) is 52.7 Å². The number of carbonyl (C=O) groups excluding carboxylic acids is 2. The van der Waals surface area contributed by atoms with E-state index in [-0.39, 0.29) is 17.9 Å². The zero-order valence-electron chi connectivity index (χ0n) is 17.9. The molecule has 29 heavy (non-hydrogen) atoms. The van der Waals surface area contributed by atoms with Gasteiger partial charge in [-0.25, -0.2) is 0 Å². The number of nitrogens with one attached hydrogen (secondary N) is 1. The largest absolute Gasteiger partial charge is 0.351 e. The van der Waals surface area contributed by atoms with E-state index in [1.54, 1.807) is 18.3 Å². The standard InChI is InChI=1S/C23H33N3O2S/c1-17(27)26-15-8-4-5-10-18(26)16-20-19-11-6-7-12-21(19)29-22(20)23(28)24-13-9-14-25(2)3/h6-7,11-12,18H,4-5,8-10,13-16H2,1-3H3,(H,24,28). The van der Waals surface area contributed by atoms with Crippen molar-refractivity contribution >= 4 is 33.2 Å². The fraction of sp³-hybridized carbons (Fsp3) is 0.565. The minimum Gasteiger partial charge on any atom is -0.351 e. The normalized spacial score (nSPS) is 17.5. The molecule has 2 heterocycles. The van der Waals surface area contributed by atoms with Gasteiger partial charge >= 0.3 is 0 Å². The Hall–Kier alpha value is -1.92. The van der Waals surface area contributed by atoms with E-state index in [4.69, 9.17) is 0 Å². The second kappa shape index (κ2) is 10.2. The van der Waals surface area contributed by atoms with Gasteiger partial charge in [-0.3, -0.25) is 9.59 Å². The van der Waals surface area contributed by atoms with Gasteiger partial charge in [0.2, 0.25) is 5.91 Å². The van der Waals surface area contributed by atoms with Crippen LogP contribution < -0.4 is 5.32 Å². The van der Waals surface area contributed by atoms with Crippen LogP contribution in [0.2, 0.25) is 0 Å². The minimum atomic E-state index is 0.0166. The summed E-state index contributed by atoms with van der Waals surface area (Å²) in [7, 11) is 4.08. The summed E-state index contributed by atoms with van der Waals surface area (Å²) in [5, 5.41) is 4.26. The molecule has 0 bridgehead atoms. The Bertz CT molecular complexity index is 846. The van der Waals surface area contributed by atoms with Gasteiger partial charge in [-0.2, -0.15) is 0 Å². The summed E-state index contributed by atoms with van der Waals surface area (Å²) >= 11 is 1.57. The molecule has 1 N–H and O–H groups in total. The zero-order chi connectivity index (χ0) is 20.8. The second-order valence-electron chi connectivity index (χ2n) is 8.24. The van der Waals surface area contributed by atoms with E-state index in [0.717, 1.165) is 65.7 Å². The average Bonchev–Trinajstić information content (AvgIpc) is 2.88. The maximum atomic E-state index is 13.0. The Morgan fingerprint density at radius 3 is 2.76 bits per heavy atom. The quantitative estimate of drug-likeness (QED) is 0.698. The number of hydrogen-bond acceptors (Lipinski definition) is 4. The maximum absolute atomic E-state index is 13.0. The molecule has 1 saturated heterocycles. The van der Waals surface area contributed by atoms with Crippen LogP contribution in [-0.2, 0) is 11.2 Å². The Kier molecular flexibility index (Phi) is 7.67. The summed E-state index contributed by atoms with van der Waals surface area (Å²) in [5.74, 6) is 0.161. The van der Waals surface area contributed by atoms with E-state index in [0.29, 0.717) is 6.54 Å². The van der Waals surface area contributed by atoms with Gasteiger partial charge in [0.25, 0.3) is 5.91 Å². The maximum Gasteiger partial charge on any atom is 0.261 e. The summed E-state index contributed by atoms with van der Waals surface area (Å²) in [6.07, 6.45) is 6.07. The molecule has 0 spiro atoms. The lowest BCUT2D eigenvalue weighted by Gasteiger charge is -2.29. The van der Waals surface area contributed by atoms with Crippen molar-refractivity contribution in [2.24, 2.45) is 0 Å². The molecule has 0 aliphatic carbocycles. The van der Waals surface area contributed by atoms with Crippen LogP contribution in [0.4, 0.5) is 0 Å². The van der Waals surface area contributed by atoms with Crippen LogP contribution in [0.1, 0.15) is 54.3 Å². The van der Waals surface area contributed by atoms with Crippen LogP contribution in [-0.4, -0.2) is 61.4 Å². The SMILES string of the molecule is CC(=O)N1CCCCCC1Cc1c(C(=O)NCCCN(C)C)sc2ccccc12. The van der Waals surface area contributed by atoms with Gasteiger partial charge in [0.1, 0.15) is 0 Å². The van der Waals surface area contributed by atoms with Crippen molar-refractivity contribution in [1.82, 2.24) is 15.1 Å². The summed E-state index contributed by atoms with van der Waals surface area (Å²) in [6.45, 7) is 4.12. The highest BCUT2D eigenvalue weighted by atomic mass is 32.1. The first-order valence-electron chi connectivity index (χ1n) is 10.7. The van der Waals surface area contributed by atoms with E-state index in [2.05, 4.69) is 22.3 Å². The van der Waals surface area contributed by atoms with Crippen molar-refractivity contribution in [3.05, 3.63) is 34.7 Å². The third-order valence-corrected chi connectivity index (χ3v) is 6.91. The Morgan fingerprint density at radius 2 is 2.00 bits per heavy atom. The molecule has 1 atom stereocenters. The first-order valence-corrected chi connectivity index (χ1v) is 11.5. The molecular weight excluding hydrogens is 382 g/mol. The monoisotopic (exact) mass is 415 g/mol. The molecule has 1 unspecified atom stereocenters. The molecule has 2 aromatic rings. The Labute approximate surface area is 178 Å². The molecule has 5 nitrogen and oxygen atoms in total. The number of carbonyl (C=O) groups is 2. The van der Waals surface area contributed by atoms with Crippen molar-refractivity contribution in [3.63, 3.8) is 0 Å². The molecule has 1 aromatic carbocycles. The van der Waals surface area contributed by atoms with Gasteiger partial charge < -0.3 is 15.1 Å². The highest BCUT2D eigenvalue weighted by Gasteiger charge is 2.27. The van der Waals surface area contributed by atoms with Gasteiger partial charge in [0.15, 0.2) is 0 Å². The lowest BCUT2D eigenvalue weighted by Crippen LogP contribution is -2.40. The number of fused-ring (bicyclic) bond motifs is 1. The predicted octanol–water partition coefficient (Wildman–Crippen LogP) is 3.92. The smallest absolute Gasteiger partial charge is 0.261 e. The number of hydrogen-bond donors (Lipinski definition) is 1. The number of amides is 2. The molecule has 6 heteroatoms. The summed E-state index contributed by atoms with van der Waals surface area (Å²) < 4.78 is 1.14. The van der Waals surface area contributed by atoms with Crippen molar-refractivity contribution in [3.8, 4) is 0 Å². The van der Waals surface area contributed by atoms with Crippen LogP contribution >= 0.6 is 11.3 Å². The molecular formula is C23H33N3O2S. The molecule has 1 fully saturated rings. The van der Waals surface area contributed by atoms with E-state index in [1.165, 1.54) is 6.42 Å². The van der Waals surface area contributed by atoms with Crippen LogP contribution in [0, 0.1) is 0 Å². The summed E-state index contributed by atoms with van der Waals surface area (Å²) in [4.78, 5) is 30.2. The Morgan fingerprint density at radius 1 is 1.21 bits per heavy atom. The number of rotatable bonds is 7. The first kappa shape index (κ1) is 21.8. The minimum absolute atomic E-state index is 0.0166. The third kappa shape index (κ3) is 5.58. The fourth-order valence-corrected chi connectivity index (χ4v) is 5.35. The highest BCUT2D eigenvalue weighted by molar-refractivity contribution is 7.21. The van der Waals surface area contributed by atoms with Crippen molar-refractivity contribution in [2.45, 2.75) is 51.5 Å². The molecule has 1 aliphatic heterocycles. The molecule has 0 radical (unpaired) electrons. The van der Waals surface area contributed by atoms with Crippen LogP contribution in [0.25, 0.3) is 10.1 Å². The van der Waals surface area contributed by atoms with E-state index in [9.17, 15) is 9.59 Å². The van der Waals surface area contributed by atoms with Gasteiger partial charge in [-0.15, -0.1) is 11.3 Å². The number of thiophene rings is 1. The molecule has 1 aliphatic rings. The molecule has 2 amide bonds. The first-order chi connectivity index (χ1) is 14.0. The van der Waals surface area contributed by atoms with Crippen LogP contribution in [0.15, 0.2) is 24.3 Å². The summed E-state index contributed by atoms with van der Waals surface area (Å²) in [6, 6.07) is 8.43. The van der Waals surface area contributed by atoms with Gasteiger partial charge in [0.05, 0.1) is 4.88 Å². The molecule has 158 valence electrons. The third-order valence-electron chi connectivity index (χ3n) is 5.69. The van der Waals surface area contributed by atoms with Crippen molar-refractivity contribution < 1.29 is 9.59 Å². The number of benzene rings is 1. The van der Waals surface area contributed by atoms with Gasteiger partial charge in [0, 0.05) is 30.8 Å². The predicted molar refractivity (Wildman–Crippen MR) is 121 cm³/mol.